The smallest absolute Gasteiger partial charge is 0.466 e. The SMILES string of the molecule is CCOC(=O)CCN(Cc1ccccc1)c1nc(-c2ccc(-c3ccc(F)cc3)cc2)c(CC(C)C)s1.CCOC(=O)CCN(Cc1ccccc1)c1nc(-c2ccc(Cl)cc2)c(CC(C)C)s1.OB(O)c1ccc(F)cc1. The average molecular weight is 1110 g/mol. The van der Waals surface area contributed by atoms with Gasteiger partial charge in [0.1, 0.15) is 11.6 Å². The Bertz CT molecular complexity index is 3060. The Morgan fingerprint density at radius 1 is 0.551 bits per heavy atom. The van der Waals surface area contributed by atoms with Crippen LogP contribution in [0, 0.1) is 23.5 Å². The molecule has 408 valence electrons. The minimum absolute atomic E-state index is 0.183. The summed E-state index contributed by atoms with van der Waals surface area (Å²) in [6.45, 7) is 15.7. The molecule has 0 bridgehead atoms. The van der Waals surface area contributed by atoms with Crippen LogP contribution in [0.3, 0.4) is 0 Å². The Kier molecular flexibility index (Phi) is 24.0. The first kappa shape index (κ1) is 60.5. The molecule has 0 unspecified atom stereocenters. The molecule has 0 aliphatic carbocycles. The zero-order chi connectivity index (χ0) is 56.0. The van der Waals surface area contributed by atoms with Crippen LogP contribution in [0.25, 0.3) is 33.6 Å². The number of carbonyl (C=O) groups excluding carboxylic acids is 2. The quantitative estimate of drug-likeness (QED) is 0.0500. The fourth-order valence-corrected chi connectivity index (χ4v) is 10.9. The molecule has 0 radical (unpaired) electrons. The van der Waals surface area contributed by atoms with Crippen LogP contribution < -0.4 is 15.3 Å². The highest BCUT2D eigenvalue weighted by Gasteiger charge is 2.22. The van der Waals surface area contributed by atoms with E-state index >= 15 is 0 Å². The maximum absolute atomic E-state index is 13.3. The summed E-state index contributed by atoms with van der Waals surface area (Å²) in [6, 6.07) is 48.2. The average Bonchev–Trinajstić information content (AvgIpc) is 4.04. The van der Waals surface area contributed by atoms with Crippen molar-refractivity contribution in [1.29, 1.82) is 0 Å². The fraction of sp³-hybridized carbons (Fsp3) is 0.290. The lowest BCUT2D eigenvalue weighted by Crippen LogP contribution is -2.29. The number of esters is 2. The molecule has 78 heavy (non-hydrogen) atoms. The maximum Gasteiger partial charge on any atom is 0.488 e. The number of aromatic nitrogens is 2. The van der Waals surface area contributed by atoms with E-state index in [9.17, 15) is 18.4 Å². The van der Waals surface area contributed by atoms with Crippen LogP contribution >= 0.6 is 34.3 Å². The van der Waals surface area contributed by atoms with E-state index in [0.717, 1.165) is 62.3 Å². The number of anilines is 2. The van der Waals surface area contributed by atoms with Crippen LogP contribution in [-0.2, 0) is 45.0 Å². The Morgan fingerprint density at radius 2 is 0.910 bits per heavy atom. The monoisotopic (exact) mass is 1110 g/mol. The van der Waals surface area contributed by atoms with Gasteiger partial charge >= 0.3 is 19.1 Å². The molecule has 8 aromatic rings. The molecular weight excluding hydrogens is 1050 g/mol. The number of carbonyl (C=O) groups is 2. The van der Waals surface area contributed by atoms with Crippen molar-refractivity contribution >= 4 is 69.1 Å². The number of halogens is 3. The Balaban J connectivity index is 0.000000216. The number of rotatable bonds is 22. The van der Waals surface area contributed by atoms with Crippen molar-refractivity contribution < 1.29 is 37.9 Å². The van der Waals surface area contributed by atoms with Gasteiger partial charge in [0.05, 0.1) is 37.4 Å². The molecule has 0 fully saturated rings. The zero-order valence-electron chi connectivity index (χ0n) is 45.1. The lowest BCUT2D eigenvalue weighted by molar-refractivity contribution is -0.143. The molecular formula is C62H68BClF2N4O6S2. The van der Waals surface area contributed by atoms with Crippen LogP contribution in [0.4, 0.5) is 19.0 Å². The van der Waals surface area contributed by atoms with Gasteiger partial charge in [-0.3, -0.25) is 9.59 Å². The molecule has 8 rings (SSSR count). The van der Waals surface area contributed by atoms with Gasteiger partial charge in [-0.2, -0.15) is 0 Å². The second kappa shape index (κ2) is 31.0. The molecule has 2 N–H and O–H groups in total. The molecule has 2 heterocycles. The minimum Gasteiger partial charge on any atom is -0.466 e. The second-order valence-electron chi connectivity index (χ2n) is 19.2. The van der Waals surface area contributed by atoms with Crippen LogP contribution in [0.1, 0.15) is 75.3 Å². The molecule has 0 aliphatic heterocycles. The van der Waals surface area contributed by atoms with Crippen LogP contribution in [0.15, 0.2) is 158 Å². The summed E-state index contributed by atoms with van der Waals surface area (Å²) >= 11 is 9.50. The van der Waals surface area contributed by atoms with Gasteiger partial charge in [0.25, 0.3) is 0 Å². The van der Waals surface area contributed by atoms with Crippen LogP contribution in [0.2, 0.25) is 5.02 Å². The predicted octanol–water partition coefficient (Wildman–Crippen LogP) is 13.9. The normalized spacial score (nSPS) is 10.8. The highest BCUT2D eigenvalue weighted by Crippen LogP contribution is 2.38. The first-order valence-corrected chi connectivity index (χ1v) is 28.2. The van der Waals surface area contributed by atoms with Crippen molar-refractivity contribution in [3.05, 3.63) is 195 Å². The summed E-state index contributed by atoms with van der Waals surface area (Å²) in [6.07, 6.45) is 2.51. The van der Waals surface area contributed by atoms with E-state index in [2.05, 4.69) is 86.0 Å². The van der Waals surface area contributed by atoms with Gasteiger partial charge in [0, 0.05) is 52.1 Å². The predicted molar refractivity (Wildman–Crippen MR) is 316 cm³/mol. The van der Waals surface area contributed by atoms with Gasteiger partial charge in [-0.15, -0.1) is 22.7 Å². The molecule has 0 saturated carbocycles. The number of hydrogen-bond acceptors (Lipinski definition) is 12. The van der Waals surface area contributed by atoms with Gasteiger partial charge < -0.3 is 29.3 Å². The molecule has 2 aromatic heterocycles. The summed E-state index contributed by atoms with van der Waals surface area (Å²) in [5.41, 5.74) is 8.74. The molecule has 16 heteroatoms. The molecule has 0 atom stereocenters. The van der Waals surface area contributed by atoms with Gasteiger partial charge in [-0.25, -0.2) is 18.7 Å². The first-order chi connectivity index (χ1) is 37.6. The van der Waals surface area contributed by atoms with Gasteiger partial charge in [0.15, 0.2) is 10.3 Å². The Morgan fingerprint density at radius 3 is 1.28 bits per heavy atom. The third-order valence-corrected chi connectivity index (χ3v) is 14.5. The van der Waals surface area contributed by atoms with Crippen molar-refractivity contribution in [3.63, 3.8) is 0 Å². The van der Waals surface area contributed by atoms with E-state index < -0.39 is 7.12 Å². The Hall–Kier alpha value is -6.75. The van der Waals surface area contributed by atoms with E-state index in [1.807, 2.05) is 74.5 Å². The van der Waals surface area contributed by atoms with E-state index in [0.29, 0.717) is 74.6 Å². The fourth-order valence-electron chi connectivity index (χ4n) is 8.14. The van der Waals surface area contributed by atoms with Crippen molar-refractivity contribution in [2.24, 2.45) is 11.8 Å². The van der Waals surface area contributed by atoms with E-state index in [-0.39, 0.29) is 23.6 Å². The zero-order valence-corrected chi connectivity index (χ0v) is 47.5. The number of thiazole rings is 2. The van der Waals surface area contributed by atoms with Gasteiger partial charge in [0.2, 0.25) is 0 Å². The van der Waals surface area contributed by atoms with E-state index in [4.69, 9.17) is 41.1 Å². The van der Waals surface area contributed by atoms with Crippen LogP contribution in [-0.4, -0.2) is 65.4 Å². The van der Waals surface area contributed by atoms with Crippen molar-refractivity contribution in [2.45, 2.75) is 80.3 Å². The third-order valence-electron chi connectivity index (χ3n) is 11.9. The molecule has 0 amide bonds. The van der Waals surface area contributed by atoms with Crippen LogP contribution in [0.5, 0.6) is 0 Å². The number of benzene rings is 6. The first-order valence-electron chi connectivity index (χ1n) is 26.2. The van der Waals surface area contributed by atoms with E-state index in [1.54, 1.807) is 34.8 Å². The summed E-state index contributed by atoms with van der Waals surface area (Å²) < 4.78 is 35.9. The second-order valence-corrected chi connectivity index (χ2v) is 21.7. The molecule has 0 saturated heterocycles. The summed E-state index contributed by atoms with van der Waals surface area (Å²) in [5, 5.41) is 19.6. The maximum atomic E-state index is 13.3. The third kappa shape index (κ3) is 19.3. The molecule has 0 spiro atoms. The van der Waals surface area contributed by atoms with Gasteiger partial charge in [-0.1, -0.05) is 161 Å². The van der Waals surface area contributed by atoms with Crippen molar-refractivity contribution in [1.82, 2.24) is 9.97 Å². The molecule has 10 nitrogen and oxygen atoms in total. The largest absolute Gasteiger partial charge is 0.488 e. The topological polar surface area (TPSA) is 125 Å². The van der Waals surface area contributed by atoms with Crippen molar-refractivity contribution in [2.75, 3.05) is 36.1 Å². The summed E-state index contributed by atoms with van der Waals surface area (Å²) in [4.78, 5) is 41.2. The van der Waals surface area contributed by atoms with Gasteiger partial charge in [-0.05, 0) is 103 Å². The lowest BCUT2D eigenvalue weighted by Gasteiger charge is -2.21. The summed E-state index contributed by atoms with van der Waals surface area (Å²) in [5.74, 6) is -0.0104. The standard InChI is InChI=1S/C31H33FN2O2S.C25H29ClN2O2S.C6H6BFO2/c1-4-36-29(35)18-19-34(21-23-8-6-5-7-9-23)31-33-30(28(37-31)20-22(2)3)26-12-10-24(11-13-26)25-14-16-27(32)17-15-25;1-4-30-23(29)14-15-28(17-19-8-6-5-7-9-19)25-27-24(22(31-25)16-18(2)3)20-10-12-21(26)13-11-20;8-6-3-1-5(2-4-6)7(9)10/h5-17,22H,4,18-21H2,1-3H3;5-13,18H,4,14-17H2,1-3H3;1-4,9-10H. The highest BCUT2D eigenvalue weighted by molar-refractivity contribution is 7.16. The summed E-state index contributed by atoms with van der Waals surface area (Å²) in [7, 11) is -1.51. The van der Waals surface area contributed by atoms with Crippen molar-refractivity contribution in [3.8, 4) is 33.6 Å². The number of hydrogen-bond donors (Lipinski definition) is 2. The van der Waals surface area contributed by atoms with E-state index in [1.165, 1.54) is 51.7 Å². The minimum atomic E-state index is -1.51. The number of nitrogens with zero attached hydrogens (tertiary/aromatic N) is 4. The number of ether oxygens (including phenoxy) is 2. The highest BCUT2D eigenvalue weighted by atomic mass is 35.5. The lowest BCUT2D eigenvalue weighted by atomic mass is 9.80. The molecule has 6 aromatic carbocycles. The Labute approximate surface area is 471 Å². The molecule has 0 aliphatic rings.